The van der Waals surface area contributed by atoms with E-state index in [4.69, 9.17) is 9.47 Å². The molecule has 4 aliphatic heterocycles. The highest BCUT2D eigenvalue weighted by Gasteiger charge is 2.75. The van der Waals surface area contributed by atoms with Gasteiger partial charge in [-0.05, 0) is 69.5 Å². The van der Waals surface area contributed by atoms with Gasteiger partial charge in [0.15, 0.2) is 0 Å². The van der Waals surface area contributed by atoms with E-state index in [1.807, 2.05) is 94.5 Å². The molecule has 9 nitrogen and oxygen atoms in total. The van der Waals surface area contributed by atoms with Crippen LogP contribution in [0.1, 0.15) is 38.3 Å². The van der Waals surface area contributed by atoms with Gasteiger partial charge in [0.25, 0.3) is 5.91 Å². The van der Waals surface area contributed by atoms with Gasteiger partial charge in [0.1, 0.15) is 17.4 Å². The molecule has 6 atom stereocenters. The van der Waals surface area contributed by atoms with Crippen molar-refractivity contribution in [1.82, 2.24) is 4.90 Å². The van der Waals surface area contributed by atoms with Gasteiger partial charge in [0.05, 0.1) is 36.7 Å². The Morgan fingerprint density at radius 1 is 0.909 bits per heavy atom. The molecule has 9 heteroatoms. The first-order chi connectivity index (χ1) is 21.1. The van der Waals surface area contributed by atoms with Gasteiger partial charge in [-0.2, -0.15) is 0 Å². The van der Waals surface area contributed by atoms with Crippen molar-refractivity contribution in [1.29, 1.82) is 0 Å². The minimum absolute atomic E-state index is 0.231. The van der Waals surface area contributed by atoms with Crippen LogP contribution in [0.15, 0.2) is 66.8 Å². The summed E-state index contributed by atoms with van der Waals surface area (Å²) in [4.78, 5) is 49.0. The van der Waals surface area contributed by atoms with Crippen LogP contribution in [0.4, 0.5) is 11.4 Å². The van der Waals surface area contributed by atoms with Crippen LogP contribution in [0.3, 0.4) is 0 Å². The lowest BCUT2D eigenvalue weighted by atomic mass is 9.73. The maximum Gasteiger partial charge on any atom is 0.253 e. The standard InChI is InChI=1S/C35H41N3O6/c1-6-34-17-9-19-36(25-13-15-26(16-14-25)43-7-2)31(40)27(34)28-32(41)38(24(5)21-39)30-33(42)37(20-10-18-35(28,30)44-34)29-22(3)11-8-12-23(29)4/h8-18,24,27-28,30,39H,6-7,19-21H2,1-5H3/t24-,27+,28+,30?,34-,35+/m1/s1. The second-order valence-corrected chi connectivity index (χ2v) is 12.3. The molecular weight excluding hydrogens is 558 g/mol. The van der Waals surface area contributed by atoms with E-state index in [0.29, 0.717) is 37.6 Å². The monoisotopic (exact) mass is 599 g/mol. The Balaban J connectivity index is 1.48. The van der Waals surface area contributed by atoms with E-state index in [1.54, 1.807) is 16.7 Å². The molecule has 0 saturated carbocycles. The zero-order chi connectivity index (χ0) is 31.4. The van der Waals surface area contributed by atoms with Crippen LogP contribution >= 0.6 is 0 Å². The number of nitrogens with zero attached hydrogens (tertiary/aromatic N) is 3. The van der Waals surface area contributed by atoms with Crippen LogP contribution in [-0.2, 0) is 19.1 Å². The third-order valence-electron chi connectivity index (χ3n) is 9.79. The summed E-state index contributed by atoms with van der Waals surface area (Å²) in [6.07, 6.45) is 8.03. The molecule has 2 fully saturated rings. The number of aliphatic hydroxyl groups is 1. The molecule has 1 unspecified atom stereocenters. The zero-order valence-corrected chi connectivity index (χ0v) is 26.0. The van der Waals surface area contributed by atoms with Gasteiger partial charge in [0.2, 0.25) is 11.8 Å². The van der Waals surface area contributed by atoms with Crippen molar-refractivity contribution < 1.29 is 29.0 Å². The van der Waals surface area contributed by atoms with Gasteiger partial charge in [-0.25, -0.2) is 0 Å². The van der Waals surface area contributed by atoms with E-state index in [-0.39, 0.29) is 24.3 Å². The summed E-state index contributed by atoms with van der Waals surface area (Å²) in [5.41, 5.74) is 0.872. The van der Waals surface area contributed by atoms with Gasteiger partial charge in [-0.3, -0.25) is 14.4 Å². The summed E-state index contributed by atoms with van der Waals surface area (Å²) in [6.45, 7) is 10.3. The number of carbonyl (C=O) groups excluding carboxylic acids is 3. The molecular formula is C35H41N3O6. The smallest absolute Gasteiger partial charge is 0.253 e. The zero-order valence-electron chi connectivity index (χ0n) is 26.0. The van der Waals surface area contributed by atoms with Crippen molar-refractivity contribution in [2.24, 2.45) is 11.8 Å². The molecule has 0 radical (unpaired) electrons. The number of benzene rings is 2. The number of aryl methyl sites for hydroxylation is 2. The Bertz CT molecular complexity index is 1520. The van der Waals surface area contributed by atoms with E-state index in [1.165, 1.54) is 4.90 Å². The van der Waals surface area contributed by atoms with E-state index in [0.717, 1.165) is 16.8 Å². The number of aliphatic hydroxyl groups excluding tert-OH is 1. The number of amides is 3. The molecule has 0 aromatic heterocycles. The number of ether oxygens (including phenoxy) is 2. The average Bonchev–Trinajstić information content (AvgIpc) is 3.31. The number of hydrogen-bond donors (Lipinski definition) is 1. The van der Waals surface area contributed by atoms with Crippen molar-refractivity contribution in [3.63, 3.8) is 0 Å². The molecule has 1 spiro atoms. The summed E-state index contributed by atoms with van der Waals surface area (Å²) in [5, 5.41) is 10.3. The molecule has 2 saturated heterocycles. The fourth-order valence-corrected chi connectivity index (χ4v) is 7.81. The van der Waals surface area contributed by atoms with E-state index in [9.17, 15) is 19.5 Å². The Hall–Kier alpha value is -3.95. The van der Waals surface area contributed by atoms with Crippen molar-refractivity contribution in [2.45, 2.75) is 64.3 Å². The van der Waals surface area contributed by atoms with Crippen LogP contribution < -0.4 is 14.5 Å². The second kappa shape index (κ2) is 11.2. The van der Waals surface area contributed by atoms with Gasteiger partial charge in [0, 0.05) is 24.5 Å². The lowest BCUT2D eigenvalue weighted by Gasteiger charge is -2.40. The van der Waals surface area contributed by atoms with Crippen molar-refractivity contribution >= 4 is 29.1 Å². The van der Waals surface area contributed by atoms with E-state index < -0.39 is 35.1 Å². The quantitative estimate of drug-likeness (QED) is 0.484. The lowest BCUT2D eigenvalue weighted by Crippen LogP contribution is -2.58. The van der Waals surface area contributed by atoms with Crippen molar-refractivity contribution in [3.05, 3.63) is 77.9 Å². The Morgan fingerprint density at radius 2 is 1.57 bits per heavy atom. The van der Waals surface area contributed by atoms with Crippen molar-refractivity contribution in [2.75, 3.05) is 36.1 Å². The van der Waals surface area contributed by atoms with E-state index in [2.05, 4.69) is 0 Å². The van der Waals surface area contributed by atoms with Crippen LogP contribution in [0.5, 0.6) is 5.75 Å². The Morgan fingerprint density at radius 3 is 2.20 bits per heavy atom. The van der Waals surface area contributed by atoms with Gasteiger partial charge >= 0.3 is 0 Å². The van der Waals surface area contributed by atoms with Gasteiger partial charge in [-0.15, -0.1) is 0 Å². The maximum atomic E-state index is 14.8. The van der Waals surface area contributed by atoms with Crippen LogP contribution in [-0.4, -0.2) is 77.3 Å². The Kier molecular flexibility index (Phi) is 7.66. The van der Waals surface area contributed by atoms with Crippen LogP contribution in [0, 0.1) is 25.7 Å². The highest BCUT2D eigenvalue weighted by molar-refractivity contribution is 6.08. The molecule has 2 aromatic carbocycles. The molecule has 3 amide bonds. The fraction of sp³-hybridized carbons (Fsp3) is 0.457. The summed E-state index contributed by atoms with van der Waals surface area (Å²) >= 11 is 0. The molecule has 232 valence electrons. The summed E-state index contributed by atoms with van der Waals surface area (Å²) < 4.78 is 12.7. The SMILES string of the molecule is CCOc1ccc(N2CC=C[C@@]3(CC)O[C@]45C=CCN(c6c(C)cccc6C)C(=O)C4N([C@H](C)CO)C(=O)[C@@H]5[C@H]3C2=O)cc1. The van der Waals surface area contributed by atoms with Crippen molar-refractivity contribution in [3.8, 4) is 5.75 Å². The normalized spacial score (nSPS) is 30.2. The number of anilines is 2. The largest absolute Gasteiger partial charge is 0.494 e. The molecule has 44 heavy (non-hydrogen) atoms. The number of likely N-dealkylation sites (tertiary alicyclic amines) is 1. The van der Waals surface area contributed by atoms with Crippen LogP contribution in [0.25, 0.3) is 0 Å². The number of hydrogen-bond acceptors (Lipinski definition) is 6. The summed E-state index contributed by atoms with van der Waals surface area (Å²) in [7, 11) is 0. The van der Waals surface area contributed by atoms with Gasteiger partial charge in [-0.1, -0.05) is 49.4 Å². The average molecular weight is 600 g/mol. The van der Waals surface area contributed by atoms with Gasteiger partial charge < -0.3 is 29.3 Å². The fourth-order valence-electron chi connectivity index (χ4n) is 7.81. The number of rotatable bonds is 7. The predicted molar refractivity (Wildman–Crippen MR) is 168 cm³/mol. The summed E-state index contributed by atoms with van der Waals surface area (Å²) in [6, 6.07) is 11.5. The summed E-state index contributed by atoms with van der Waals surface area (Å²) in [5.74, 6) is -2.00. The molecule has 4 aliphatic rings. The first-order valence-corrected chi connectivity index (χ1v) is 15.5. The lowest BCUT2D eigenvalue weighted by molar-refractivity contribution is -0.148. The minimum atomic E-state index is -1.40. The second-order valence-electron chi connectivity index (χ2n) is 12.3. The molecule has 0 bridgehead atoms. The first-order valence-electron chi connectivity index (χ1n) is 15.5. The molecule has 0 aliphatic carbocycles. The molecule has 2 aromatic rings. The Labute approximate surface area is 258 Å². The predicted octanol–water partition coefficient (Wildman–Crippen LogP) is 3.95. The number of fused-ring (bicyclic) bond motifs is 2. The minimum Gasteiger partial charge on any atom is -0.494 e. The molecule has 4 heterocycles. The topological polar surface area (TPSA) is 99.6 Å². The number of carbonyl (C=O) groups is 3. The highest BCUT2D eigenvalue weighted by Crippen LogP contribution is 2.59. The maximum absolute atomic E-state index is 14.8. The molecule has 6 rings (SSSR count). The molecule has 1 N–H and O–H groups in total. The number of para-hydroxylation sites is 1. The highest BCUT2D eigenvalue weighted by atomic mass is 16.5. The third kappa shape index (κ3) is 4.31. The third-order valence-corrected chi connectivity index (χ3v) is 9.79. The first kappa shape index (κ1) is 30.1. The van der Waals surface area contributed by atoms with E-state index >= 15 is 0 Å². The van der Waals surface area contributed by atoms with Crippen LogP contribution in [0.2, 0.25) is 0 Å².